The number of carbonyl (C=O) groups excluding carboxylic acids is 1. The molecule has 6 nitrogen and oxygen atoms in total. The molecule has 1 saturated heterocycles. The lowest BCUT2D eigenvalue weighted by Crippen LogP contribution is -2.60. The molecule has 0 radical (unpaired) electrons. The molecule has 1 aliphatic rings. The van der Waals surface area contributed by atoms with Crippen molar-refractivity contribution in [1.82, 2.24) is 14.7 Å². The average Bonchev–Trinajstić information content (AvgIpc) is 3.05. The molecular weight excluding hydrogens is 330 g/mol. The Kier molecular flexibility index (Phi) is 4.89. The van der Waals surface area contributed by atoms with Gasteiger partial charge >= 0.3 is 0 Å². The molecule has 1 fully saturated rings. The molecule has 1 aromatic carbocycles. The van der Waals surface area contributed by atoms with Crippen molar-refractivity contribution in [1.29, 1.82) is 0 Å². The number of aliphatic hydroxyl groups is 2. The first-order valence-corrected chi connectivity index (χ1v) is 8.24. The van der Waals surface area contributed by atoms with Crippen molar-refractivity contribution in [3.8, 4) is 0 Å². The van der Waals surface area contributed by atoms with Crippen LogP contribution in [0.2, 0.25) is 5.02 Å². The average molecular weight is 350 g/mol. The number of benzene rings is 1. The van der Waals surface area contributed by atoms with Crippen LogP contribution in [-0.2, 0) is 17.8 Å². The molecule has 1 amide bonds. The van der Waals surface area contributed by atoms with Crippen molar-refractivity contribution in [2.45, 2.75) is 31.1 Å². The number of aromatic nitrogens is 2. The number of nitrogens with zero attached hydrogens (tertiary/aromatic N) is 3. The summed E-state index contributed by atoms with van der Waals surface area (Å²) in [6, 6.07) is 8.88. The number of amides is 1. The molecule has 0 spiro atoms. The van der Waals surface area contributed by atoms with Crippen LogP contribution in [-0.4, -0.2) is 55.6 Å². The van der Waals surface area contributed by atoms with Crippen molar-refractivity contribution >= 4 is 17.5 Å². The number of likely N-dealkylation sites (tertiary alicyclic amines) is 1. The van der Waals surface area contributed by atoms with Gasteiger partial charge in [0.2, 0.25) is 5.91 Å². The van der Waals surface area contributed by atoms with Gasteiger partial charge in [-0.1, -0.05) is 23.7 Å². The zero-order chi connectivity index (χ0) is 17.2. The van der Waals surface area contributed by atoms with Crippen molar-refractivity contribution in [2.75, 3.05) is 13.1 Å². The van der Waals surface area contributed by atoms with E-state index < -0.39 is 11.7 Å². The molecular formula is C17H20ClN3O3. The normalized spacial score (nSPS) is 24.1. The maximum Gasteiger partial charge on any atom is 0.227 e. The molecule has 2 aromatic rings. The molecule has 128 valence electrons. The highest BCUT2D eigenvalue weighted by molar-refractivity contribution is 6.30. The summed E-state index contributed by atoms with van der Waals surface area (Å²) in [6.45, 7) is 0.654. The standard InChI is InChI=1S/C17H20ClN3O3/c18-14-4-2-13(3-5-14)10-16(23)20-9-6-15(22)17(24,11-20)12-21-8-1-7-19-21/h1-5,7-8,15,22,24H,6,9-12H2/t15-,17-/m1/s1. The lowest BCUT2D eigenvalue weighted by atomic mass is 9.89. The minimum Gasteiger partial charge on any atom is -0.390 e. The maximum absolute atomic E-state index is 12.5. The Morgan fingerprint density at radius 1 is 1.38 bits per heavy atom. The highest BCUT2D eigenvalue weighted by Crippen LogP contribution is 2.24. The molecule has 3 rings (SSSR count). The lowest BCUT2D eigenvalue weighted by Gasteiger charge is -2.42. The second-order valence-electron chi connectivity index (χ2n) is 6.23. The van der Waals surface area contributed by atoms with E-state index in [1.165, 1.54) is 0 Å². The molecule has 2 heterocycles. The van der Waals surface area contributed by atoms with E-state index in [2.05, 4.69) is 5.10 Å². The van der Waals surface area contributed by atoms with Gasteiger partial charge in [0.15, 0.2) is 0 Å². The molecule has 7 heteroatoms. The van der Waals surface area contributed by atoms with Gasteiger partial charge in [0.05, 0.1) is 25.6 Å². The third kappa shape index (κ3) is 3.77. The van der Waals surface area contributed by atoms with Gasteiger partial charge in [-0.15, -0.1) is 0 Å². The van der Waals surface area contributed by atoms with E-state index in [0.29, 0.717) is 18.0 Å². The fraction of sp³-hybridized carbons (Fsp3) is 0.412. The van der Waals surface area contributed by atoms with Gasteiger partial charge in [0.25, 0.3) is 0 Å². The molecule has 0 saturated carbocycles. The van der Waals surface area contributed by atoms with Crippen molar-refractivity contribution in [3.63, 3.8) is 0 Å². The Morgan fingerprint density at radius 2 is 2.12 bits per heavy atom. The van der Waals surface area contributed by atoms with Gasteiger partial charge in [-0.25, -0.2) is 0 Å². The fourth-order valence-corrected chi connectivity index (χ4v) is 3.12. The molecule has 1 aliphatic heterocycles. The van der Waals surface area contributed by atoms with E-state index in [1.807, 2.05) is 12.1 Å². The zero-order valence-corrected chi connectivity index (χ0v) is 13.9. The predicted octanol–water partition coefficient (Wildman–Crippen LogP) is 1.10. The number of carbonyl (C=O) groups is 1. The van der Waals surface area contributed by atoms with E-state index in [4.69, 9.17) is 11.6 Å². The Morgan fingerprint density at radius 3 is 2.79 bits per heavy atom. The van der Waals surface area contributed by atoms with E-state index in [-0.39, 0.29) is 25.4 Å². The minimum atomic E-state index is -1.40. The Hall–Kier alpha value is -1.89. The number of piperidine rings is 1. The van der Waals surface area contributed by atoms with E-state index >= 15 is 0 Å². The van der Waals surface area contributed by atoms with Crippen LogP contribution in [0.4, 0.5) is 0 Å². The summed E-state index contributed by atoms with van der Waals surface area (Å²) in [4.78, 5) is 14.1. The summed E-state index contributed by atoms with van der Waals surface area (Å²) in [5, 5.41) is 25.7. The Labute approximate surface area is 145 Å². The van der Waals surface area contributed by atoms with Crippen molar-refractivity contribution in [3.05, 3.63) is 53.3 Å². The number of aliphatic hydroxyl groups excluding tert-OH is 1. The van der Waals surface area contributed by atoms with Crippen molar-refractivity contribution < 1.29 is 15.0 Å². The topological polar surface area (TPSA) is 78.6 Å². The van der Waals surface area contributed by atoms with Gasteiger partial charge in [0, 0.05) is 24.0 Å². The highest BCUT2D eigenvalue weighted by Gasteiger charge is 2.42. The van der Waals surface area contributed by atoms with Gasteiger partial charge in [0.1, 0.15) is 5.60 Å². The lowest BCUT2D eigenvalue weighted by molar-refractivity contribution is -0.154. The first-order chi connectivity index (χ1) is 11.5. The van der Waals surface area contributed by atoms with E-state index in [9.17, 15) is 15.0 Å². The van der Waals surface area contributed by atoms with Crippen LogP contribution in [0.3, 0.4) is 0 Å². The second-order valence-corrected chi connectivity index (χ2v) is 6.67. The summed E-state index contributed by atoms with van der Waals surface area (Å²) < 4.78 is 1.57. The fourth-order valence-electron chi connectivity index (χ4n) is 2.99. The van der Waals surface area contributed by atoms with Crippen LogP contribution in [0.15, 0.2) is 42.7 Å². The Balaban J connectivity index is 1.67. The summed E-state index contributed by atoms with van der Waals surface area (Å²) >= 11 is 5.85. The number of hydrogen-bond donors (Lipinski definition) is 2. The highest BCUT2D eigenvalue weighted by atomic mass is 35.5. The van der Waals surface area contributed by atoms with Crippen LogP contribution in [0, 0.1) is 0 Å². The molecule has 1 aromatic heterocycles. The first kappa shape index (κ1) is 17.0. The smallest absolute Gasteiger partial charge is 0.227 e. The molecule has 24 heavy (non-hydrogen) atoms. The van der Waals surface area contributed by atoms with Gasteiger partial charge < -0.3 is 15.1 Å². The maximum atomic E-state index is 12.5. The third-order valence-corrected chi connectivity index (χ3v) is 4.63. The van der Waals surface area contributed by atoms with Gasteiger partial charge in [-0.3, -0.25) is 9.48 Å². The molecule has 0 unspecified atom stereocenters. The number of β-amino-alcohol motifs (C(OH)–C–C–N with tert-alkyl or cyclic N) is 1. The molecule has 0 bridgehead atoms. The molecule has 0 aliphatic carbocycles. The summed E-state index contributed by atoms with van der Waals surface area (Å²) in [5.41, 5.74) is -0.536. The molecule has 2 N–H and O–H groups in total. The predicted molar refractivity (Wildman–Crippen MR) is 89.5 cm³/mol. The van der Waals surface area contributed by atoms with E-state index in [0.717, 1.165) is 5.56 Å². The van der Waals surface area contributed by atoms with Crippen LogP contribution in [0.5, 0.6) is 0 Å². The zero-order valence-electron chi connectivity index (χ0n) is 13.2. The number of halogens is 1. The quantitative estimate of drug-likeness (QED) is 0.866. The molecule has 2 atom stereocenters. The van der Waals surface area contributed by atoms with Crippen molar-refractivity contribution in [2.24, 2.45) is 0 Å². The van der Waals surface area contributed by atoms with E-state index in [1.54, 1.807) is 40.2 Å². The largest absolute Gasteiger partial charge is 0.390 e. The summed E-state index contributed by atoms with van der Waals surface area (Å²) in [6.07, 6.45) is 3.03. The first-order valence-electron chi connectivity index (χ1n) is 7.86. The van der Waals surface area contributed by atoms with Crippen LogP contribution < -0.4 is 0 Å². The SMILES string of the molecule is O=C(Cc1ccc(Cl)cc1)N1CC[C@@H](O)[C@](O)(Cn2cccn2)C1. The monoisotopic (exact) mass is 349 g/mol. The number of hydrogen-bond acceptors (Lipinski definition) is 4. The summed E-state index contributed by atoms with van der Waals surface area (Å²) in [7, 11) is 0. The van der Waals surface area contributed by atoms with Gasteiger partial charge in [-0.2, -0.15) is 5.10 Å². The van der Waals surface area contributed by atoms with Crippen LogP contribution in [0.25, 0.3) is 0 Å². The minimum absolute atomic E-state index is 0.0805. The third-order valence-electron chi connectivity index (χ3n) is 4.37. The Bertz CT molecular complexity index is 690. The van der Waals surface area contributed by atoms with Gasteiger partial charge in [-0.05, 0) is 30.2 Å². The summed E-state index contributed by atoms with van der Waals surface area (Å²) in [5.74, 6) is -0.0805. The van der Waals surface area contributed by atoms with Crippen LogP contribution in [0.1, 0.15) is 12.0 Å². The number of rotatable bonds is 4. The van der Waals surface area contributed by atoms with Crippen LogP contribution >= 0.6 is 11.6 Å². The second kappa shape index (κ2) is 6.93.